The molecule has 0 fully saturated rings. The molecule has 86 valence electrons. The van der Waals surface area contributed by atoms with E-state index < -0.39 is 0 Å². The number of nitrogens with one attached hydrogen (secondary N) is 1. The van der Waals surface area contributed by atoms with Crippen LogP contribution in [0.4, 0.5) is 0 Å². The van der Waals surface area contributed by atoms with Crippen LogP contribution < -0.4 is 5.32 Å². The smallest absolute Gasteiger partial charge is 0.0634 e. The summed E-state index contributed by atoms with van der Waals surface area (Å²) >= 11 is 0. The van der Waals surface area contributed by atoms with Crippen LogP contribution in [0.25, 0.3) is 0 Å². The highest BCUT2D eigenvalue weighted by molar-refractivity contribution is 4.70. The lowest BCUT2D eigenvalue weighted by molar-refractivity contribution is 0.0153. The maximum Gasteiger partial charge on any atom is 0.0634 e. The fourth-order valence-electron chi connectivity index (χ4n) is 1.12. The van der Waals surface area contributed by atoms with E-state index in [2.05, 4.69) is 26.1 Å². The van der Waals surface area contributed by atoms with E-state index in [1.807, 2.05) is 0 Å². The lowest BCUT2D eigenvalue weighted by Crippen LogP contribution is -2.33. The van der Waals surface area contributed by atoms with Crippen molar-refractivity contribution in [3.63, 3.8) is 0 Å². The Morgan fingerprint density at radius 3 is 2.43 bits per heavy atom. The molecule has 14 heavy (non-hydrogen) atoms. The fourth-order valence-corrected chi connectivity index (χ4v) is 1.12. The van der Waals surface area contributed by atoms with Gasteiger partial charge in [0.15, 0.2) is 0 Å². The van der Waals surface area contributed by atoms with Crippen molar-refractivity contribution in [3.8, 4) is 0 Å². The molecule has 0 saturated carbocycles. The third-order valence-electron chi connectivity index (χ3n) is 2.53. The summed E-state index contributed by atoms with van der Waals surface area (Å²) in [5, 5.41) is 3.45. The second-order valence-corrected chi connectivity index (χ2v) is 4.35. The van der Waals surface area contributed by atoms with Gasteiger partial charge in [0, 0.05) is 26.9 Å². The van der Waals surface area contributed by atoms with Gasteiger partial charge in [0.25, 0.3) is 0 Å². The average molecular weight is 203 g/mol. The van der Waals surface area contributed by atoms with Crippen molar-refractivity contribution in [2.45, 2.75) is 45.3 Å². The highest BCUT2D eigenvalue weighted by Gasteiger charge is 2.15. The van der Waals surface area contributed by atoms with Gasteiger partial charge in [-0.15, -0.1) is 0 Å². The zero-order chi connectivity index (χ0) is 11.0. The van der Waals surface area contributed by atoms with Crippen LogP contribution >= 0.6 is 0 Å². The van der Waals surface area contributed by atoms with Crippen molar-refractivity contribution in [3.05, 3.63) is 0 Å². The molecule has 1 N–H and O–H groups in total. The fraction of sp³-hybridized carbons (Fsp3) is 1.00. The Morgan fingerprint density at radius 1 is 1.29 bits per heavy atom. The first-order valence-corrected chi connectivity index (χ1v) is 5.29. The van der Waals surface area contributed by atoms with Gasteiger partial charge in [-0.05, 0) is 40.2 Å². The van der Waals surface area contributed by atoms with Crippen LogP contribution in [0.15, 0.2) is 0 Å². The first-order chi connectivity index (χ1) is 6.52. The quantitative estimate of drug-likeness (QED) is 0.652. The minimum Gasteiger partial charge on any atom is -0.385 e. The van der Waals surface area contributed by atoms with Crippen molar-refractivity contribution in [2.75, 3.05) is 27.4 Å². The second-order valence-electron chi connectivity index (χ2n) is 4.35. The second kappa shape index (κ2) is 7.21. The van der Waals surface area contributed by atoms with Gasteiger partial charge in [-0.25, -0.2) is 0 Å². The lowest BCUT2D eigenvalue weighted by Gasteiger charge is -2.24. The zero-order valence-corrected chi connectivity index (χ0v) is 10.2. The van der Waals surface area contributed by atoms with E-state index in [0.717, 1.165) is 26.0 Å². The highest BCUT2D eigenvalue weighted by atomic mass is 16.5. The topological polar surface area (TPSA) is 30.5 Å². The summed E-state index contributed by atoms with van der Waals surface area (Å²) < 4.78 is 10.4. The van der Waals surface area contributed by atoms with Gasteiger partial charge in [0.2, 0.25) is 0 Å². The van der Waals surface area contributed by atoms with Gasteiger partial charge in [0.1, 0.15) is 0 Å². The first kappa shape index (κ1) is 13.9. The molecule has 0 heterocycles. The zero-order valence-electron chi connectivity index (χ0n) is 10.2. The lowest BCUT2D eigenvalue weighted by atomic mass is 10.1. The molecule has 0 aromatic carbocycles. The molecular formula is C11H25NO2. The summed E-state index contributed by atoms with van der Waals surface area (Å²) in [7, 11) is 3.50. The van der Waals surface area contributed by atoms with E-state index >= 15 is 0 Å². The van der Waals surface area contributed by atoms with Crippen LogP contribution in [0, 0.1) is 0 Å². The SMILES string of the molecule is COCCC(C)NCCC(C)(C)OC. The van der Waals surface area contributed by atoms with Crippen LogP contribution in [0.3, 0.4) is 0 Å². The van der Waals surface area contributed by atoms with Crippen molar-refractivity contribution in [1.29, 1.82) is 0 Å². The molecule has 0 aliphatic heterocycles. The molecule has 0 radical (unpaired) electrons. The first-order valence-electron chi connectivity index (χ1n) is 5.29. The minimum atomic E-state index is -0.0199. The molecule has 0 aliphatic rings. The van der Waals surface area contributed by atoms with Gasteiger partial charge in [-0.2, -0.15) is 0 Å². The van der Waals surface area contributed by atoms with Crippen LogP contribution in [0.5, 0.6) is 0 Å². The molecule has 1 atom stereocenters. The van der Waals surface area contributed by atoms with Crippen molar-refractivity contribution >= 4 is 0 Å². The van der Waals surface area contributed by atoms with Crippen LogP contribution in [-0.2, 0) is 9.47 Å². The molecule has 0 aliphatic carbocycles. The van der Waals surface area contributed by atoms with Crippen molar-refractivity contribution in [1.82, 2.24) is 5.32 Å². The maximum absolute atomic E-state index is 5.34. The molecular weight excluding hydrogens is 178 g/mol. The third kappa shape index (κ3) is 7.30. The van der Waals surface area contributed by atoms with Crippen molar-refractivity contribution < 1.29 is 9.47 Å². The summed E-state index contributed by atoms with van der Waals surface area (Å²) in [6.45, 7) is 8.20. The summed E-state index contributed by atoms with van der Waals surface area (Å²) in [5.74, 6) is 0. The van der Waals surface area contributed by atoms with E-state index in [9.17, 15) is 0 Å². The summed E-state index contributed by atoms with van der Waals surface area (Å²) in [4.78, 5) is 0. The molecule has 0 saturated heterocycles. The van der Waals surface area contributed by atoms with E-state index in [0.29, 0.717) is 6.04 Å². The molecule has 3 heteroatoms. The maximum atomic E-state index is 5.34. The third-order valence-corrected chi connectivity index (χ3v) is 2.53. The normalized spacial score (nSPS) is 14.4. The van der Waals surface area contributed by atoms with Gasteiger partial charge in [0.05, 0.1) is 5.60 Å². The molecule has 0 amide bonds. The molecule has 0 aromatic heterocycles. The van der Waals surface area contributed by atoms with Gasteiger partial charge in [-0.1, -0.05) is 0 Å². The van der Waals surface area contributed by atoms with E-state index in [-0.39, 0.29) is 5.60 Å². The molecule has 0 bridgehead atoms. The standard InChI is InChI=1S/C11H25NO2/c1-10(6-9-13-4)12-8-7-11(2,3)14-5/h10,12H,6-9H2,1-5H3. The Hall–Kier alpha value is -0.120. The van der Waals surface area contributed by atoms with Gasteiger partial charge in [-0.3, -0.25) is 0 Å². The predicted octanol–water partition coefficient (Wildman–Crippen LogP) is 1.82. The Morgan fingerprint density at radius 2 is 1.93 bits per heavy atom. The summed E-state index contributed by atoms with van der Waals surface area (Å²) in [6, 6.07) is 0.516. The Kier molecular flexibility index (Phi) is 7.15. The van der Waals surface area contributed by atoms with Gasteiger partial charge >= 0.3 is 0 Å². The largest absolute Gasteiger partial charge is 0.385 e. The number of hydrogen-bond donors (Lipinski definition) is 1. The molecule has 0 spiro atoms. The summed E-state index contributed by atoms with van der Waals surface area (Å²) in [6.07, 6.45) is 2.09. The Balaban J connectivity index is 3.43. The van der Waals surface area contributed by atoms with E-state index in [1.54, 1.807) is 14.2 Å². The molecule has 0 rings (SSSR count). The van der Waals surface area contributed by atoms with Crippen molar-refractivity contribution in [2.24, 2.45) is 0 Å². The van der Waals surface area contributed by atoms with E-state index in [4.69, 9.17) is 9.47 Å². The Labute approximate surface area is 88.2 Å². The van der Waals surface area contributed by atoms with Gasteiger partial charge < -0.3 is 14.8 Å². The molecule has 3 nitrogen and oxygen atoms in total. The average Bonchev–Trinajstić information content (AvgIpc) is 2.14. The van der Waals surface area contributed by atoms with Crippen LogP contribution in [0.1, 0.15) is 33.6 Å². The number of rotatable bonds is 8. The molecule has 0 aromatic rings. The number of hydrogen-bond acceptors (Lipinski definition) is 3. The Bertz CT molecular complexity index is 137. The summed E-state index contributed by atoms with van der Waals surface area (Å²) in [5.41, 5.74) is -0.0199. The van der Waals surface area contributed by atoms with Crippen LogP contribution in [0.2, 0.25) is 0 Å². The number of ether oxygens (including phenoxy) is 2. The minimum absolute atomic E-state index is 0.0199. The van der Waals surface area contributed by atoms with E-state index in [1.165, 1.54) is 0 Å². The predicted molar refractivity (Wildman–Crippen MR) is 59.7 cm³/mol. The molecule has 1 unspecified atom stereocenters. The monoisotopic (exact) mass is 203 g/mol. The number of methoxy groups -OCH3 is 2. The van der Waals surface area contributed by atoms with Crippen LogP contribution in [-0.4, -0.2) is 39.0 Å². The highest BCUT2D eigenvalue weighted by Crippen LogP contribution is 2.11.